The minimum Gasteiger partial charge on any atom is -0.481 e. The standard InChI is InChI=1S/C13H16N2O2/c1-8(2)13-14-9(3)11-6-10(7-12(16)17)4-5-15(11)13/h4-6,8H,7H2,1-3H3,(H,16,17). The topological polar surface area (TPSA) is 54.6 Å². The number of fused-ring (bicyclic) bond motifs is 1. The Kier molecular flexibility index (Phi) is 2.88. The molecular formula is C13H16N2O2. The number of aryl methyl sites for hydroxylation is 1. The Bertz CT molecular complexity index is 570. The zero-order chi connectivity index (χ0) is 12.6. The third kappa shape index (κ3) is 2.16. The van der Waals surface area contributed by atoms with Gasteiger partial charge in [0.2, 0.25) is 0 Å². The van der Waals surface area contributed by atoms with Gasteiger partial charge in [-0.05, 0) is 24.6 Å². The van der Waals surface area contributed by atoms with Crippen molar-refractivity contribution in [2.75, 3.05) is 0 Å². The number of hydrogen-bond donors (Lipinski definition) is 1. The number of hydrogen-bond acceptors (Lipinski definition) is 2. The van der Waals surface area contributed by atoms with Gasteiger partial charge < -0.3 is 9.51 Å². The van der Waals surface area contributed by atoms with E-state index in [1.165, 1.54) is 0 Å². The maximum absolute atomic E-state index is 10.7. The summed E-state index contributed by atoms with van der Waals surface area (Å²) in [5.41, 5.74) is 2.75. The first-order chi connectivity index (χ1) is 7.99. The Labute approximate surface area is 99.9 Å². The molecular weight excluding hydrogens is 216 g/mol. The third-order valence-electron chi connectivity index (χ3n) is 2.79. The number of carboxylic acid groups (broad SMARTS) is 1. The summed E-state index contributed by atoms with van der Waals surface area (Å²) in [6.45, 7) is 6.14. The number of carbonyl (C=O) groups is 1. The van der Waals surface area contributed by atoms with Gasteiger partial charge in [0.15, 0.2) is 0 Å². The lowest BCUT2D eigenvalue weighted by atomic mass is 10.1. The largest absolute Gasteiger partial charge is 0.481 e. The number of carboxylic acids is 1. The molecule has 0 amide bonds. The quantitative estimate of drug-likeness (QED) is 0.884. The van der Waals surface area contributed by atoms with Crippen molar-refractivity contribution in [1.82, 2.24) is 9.38 Å². The van der Waals surface area contributed by atoms with Crippen molar-refractivity contribution in [2.24, 2.45) is 0 Å². The van der Waals surface area contributed by atoms with Crippen LogP contribution in [0.4, 0.5) is 0 Å². The van der Waals surface area contributed by atoms with Crippen LogP contribution in [0, 0.1) is 6.92 Å². The highest BCUT2D eigenvalue weighted by atomic mass is 16.4. The van der Waals surface area contributed by atoms with Gasteiger partial charge in [0.1, 0.15) is 5.82 Å². The van der Waals surface area contributed by atoms with E-state index in [4.69, 9.17) is 5.11 Å². The Balaban J connectivity index is 2.55. The average Bonchev–Trinajstić information content (AvgIpc) is 2.55. The molecule has 0 aromatic carbocycles. The lowest BCUT2D eigenvalue weighted by Crippen LogP contribution is -2.01. The predicted molar refractivity (Wildman–Crippen MR) is 65.4 cm³/mol. The highest BCUT2D eigenvalue weighted by Crippen LogP contribution is 2.20. The molecule has 0 fully saturated rings. The molecule has 0 spiro atoms. The first-order valence-corrected chi connectivity index (χ1v) is 5.68. The number of pyridine rings is 1. The number of imidazole rings is 1. The molecule has 2 aromatic heterocycles. The molecule has 17 heavy (non-hydrogen) atoms. The van der Waals surface area contributed by atoms with Crippen LogP contribution in [0.2, 0.25) is 0 Å². The van der Waals surface area contributed by atoms with E-state index in [1.54, 1.807) is 0 Å². The molecule has 0 saturated heterocycles. The van der Waals surface area contributed by atoms with Gasteiger partial charge in [-0.15, -0.1) is 0 Å². The minimum absolute atomic E-state index is 0.0537. The molecule has 0 saturated carbocycles. The molecule has 2 aromatic rings. The summed E-state index contributed by atoms with van der Waals surface area (Å²) in [4.78, 5) is 15.2. The van der Waals surface area contributed by atoms with E-state index >= 15 is 0 Å². The minimum atomic E-state index is -0.810. The predicted octanol–water partition coefficient (Wildman–Crippen LogP) is 2.39. The second-order valence-corrected chi connectivity index (χ2v) is 4.57. The summed E-state index contributed by atoms with van der Waals surface area (Å²) in [5.74, 6) is 0.552. The molecule has 0 bridgehead atoms. The summed E-state index contributed by atoms with van der Waals surface area (Å²) < 4.78 is 2.03. The van der Waals surface area contributed by atoms with Crippen LogP contribution in [0.3, 0.4) is 0 Å². The Hall–Kier alpha value is -1.84. The average molecular weight is 232 g/mol. The van der Waals surface area contributed by atoms with Crippen molar-refractivity contribution in [3.05, 3.63) is 35.4 Å². The molecule has 0 unspecified atom stereocenters. The number of nitrogens with zero attached hydrogens (tertiary/aromatic N) is 2. The highest BCUT2D eigenvalue weighted by molar-refractivity contribution is 5.71. The molecule has 0 aliphatic heterocycles. The number of aliphatic carboxylic acids is 1. The zero-order valence-corrected chi connectivity index (χ0v) is 10.3. The SMILES string of the molecule is Cc1nc(C(C)C)n2ccc(CC(=O)O)cc12. The lowest BCUT2D eigenvalue weighted by Gasteiger charge is -2.05. The van der Waals surface area contributed by atoms with Crippen molar-refractivity contribution >= 4 is 11.5 Å². The van der Waals surface area contributed by atoms with Gasteiger partial charge in [0, 0.05) is 12.1 Å². The van der Waals surface area contributed by atoms with Gasteiger partial charge in [-0.3, -0.25) is 4.79 Å². The van der Waals surface area contributed by atoms with Crippen molar-refractivity contribution in [2.45, 2.75) is 33.1 Å². The second kappa shape index (κ2) is 4.20. The van der Waals surface area contributed by atoms with Gasteiger partial charge in [0.05, 0.1) is 17.6 Å². The molecule has 0 aliphatic carbocycles. The van der Waals surface area contributed by atoms with Crippen LogP contribution < -0.4 is 0 Å². The molecule has 2 heterocycles. The molecule has 1 N–H and O–H groups in total. The van der Waals surface area contributed by atoms with Crippen LogP contribution in [0.25, 0.3) is 5.52 Å². The Morgan fingerprint density at radius 1 is 1.53 bits per heavy atom. The lowest BCUT2D eigenvalue weighted by molar-refractivity contribution is -0.136. The zero-order valence-electron chi connectivity index (χ0n) is 10.3. The first kappa shape index (κ1) is 11.6. The normalized spacial score (nSPS) is 11.3. The van der Waals surface area contributed by atoms with Crippen molar-refractivity contribution in [3.8, 4) is 0 Å². The van der Waals surface area contributed by atoms with Gasteiger partial charge in [-0.2, -0.15) is 0 Å². The molecule has 4 heteroatoms. The second-order valence-electron chi connectivity index (χ2n) is 4.57. The fourth-order valence-electron chi connectivity index (χ4n) is 2.00. The molecule has 4 nitrogen and oxygen atoms in total. The van der Waals surface area contributed by atoms with Crippen molar-refractivity contribution in [3.63, 3.8) is 0 Å². The summed E-state index contributed by atoms with van der Waals surface area (Å²) in [6, 6.07) is 3.75. The van der Waals surface area contributed by atoms with Crippen molar-refractivity contribution < 1.29 is 9.90 Å². The third-order valence-corrected chi connectivity index (χ3v) is 2.79. The maximum Gasteiger partial charge on any atom is 0.307 e. The van der Waals surface area contributed by atoms with Crippen LogP contribution in [-0.2, 0) is 11.2 Å². The summed E-state index contributed by atoms with van der Waals surface area (Å²) in [7, 11) is 0. The van der Waals surface area contributed by atoms with Crippen LogP contribution in [0.1, 0.15) is 36.8 Å². The van der Waals surface area contributed by atoms with Crippen LogP contribution in [0.5, 0.6) is 0 Å². The van der Waals surface area contributed by atoms with Gasteiger partial charge in [0.25, 0.3) is 0 Å². The summed E-state index contributed by atoms with van der Waals surface area (Å²) >= 11 is 0. The maximum atomic E-state index is 10.7. The number of aromatic nitrogens is 2. The van der Waals surface area contributed by atoms with E-state index in [1.807, 2.05) is 29.7 Å². The molecule has 90 valence electrons. The smallest absolute Gasteiger partial charge is 0.307 e. The molecule has 0 radical (unpaired) electrons. The van der Waals surface area contributed by atoms with Crippen LogP contribution in [0.15, 0.2) is 18.3 Å². The molecule has 0 aliphatic rings. The van der Waals surface area contributed by atoms with E-state index in [0.29, 0.717) is 5.92 Å². The van der Waals surface area contributed by atoms with Crippen LogP contribution in [-0.4, -0.2) is 20.5 Å². The first-order valence-electron chi connectivity index (χ1n) is 5.68. The van der Waals surface area contributed by atoms with E-state index in [2.05, 4.69) is 18.8 Å². The highest BCUT2D eigenvalue weighted by Gasteiger charge is 2.11. The van der Waals surface area contributed by atoms with E-state index in [0.717, 1.165) is 22.6 Å². The van der Waals surface area contributed by atoms with Gasteiger partial charge >= 0.3 is 5.97 Å². The number of rotatable bonds is 3. The van der Waals surface area contributed by atoms with Gasteiger partial charge in [-0.1, -0.05) is 13.8 Å². The summed E-state index contributed by atoms with van der Waals surface area (Å²) in [5, 5.41) is 8.78. The van der Waals surface area contributed by atoms with Gasteiger partial charge in [-0.25, -0.2) is 4.98 Å². The van der Waals surface area contributed by atoms with E-state index in [-0.39, 0.29) is 6.42 Å². The van der Waals surface area contributed by atoms with Crippen LogP contribution >= 0.6 is 0 Å². The monoisotopic (exact) mass is 232 g/mol. The molecule has 0 atom stereocenters. The van der Waals surface area contributed by atoms with E-state index < -0.39 is 5.97 Å². The Morgan fingerprint density at radius 3 is 2.82 bits per heavy atom. The van der Waals surface area contributed by atoms with E-state index in [9.17, 15) is 4.79 Å². The Morgan fingerprint density at radius 2 is 2.24 bits per heavy atom. The van der Waals surface area contributed by atoms with Crippen molar-refractivity contribution in [1.29, 1.82) is 0 Å². The summed E-state index contributed by atoms with van der Waals surface area (Å²) in [6.07, 6.45) is 1.96. The fourth-order valence-corrected chi connectivity index (χ4v) is 2.00. The molecule has 2 rings (SSSR count). The fraction of sp³-hybridized carbons (Fsp3) is 0.385.